The number of aliphatic hydroxyl groups excluding tert-OH is 1. The van der Waals surface area contributed by atoms with Gasteiger partial charge in [-0.1, -0.05) is 36.4 Å². The molecule has 2 heterocycles. The molecule has 1 fully saturated rings. The third kappa shape index (κ3) is 4.21. The van der Waals surface area contributed by atoms with Crippen LogP contribution in [0, 0.1) is 5.92 Å². The van der Waals surface area contributed by atoms with Gasteiger partial charge < -0.3 is 24.1 Å². The van der Waals surface area contributed by atoms with Crippen molar-refractivity contribution in [3.63, 3.8) is 0 Å². The molecule has 0 amide bonds. The maximum Gasteiger partial charge on any atom is 0.321 e. The van der Waals surface area contributed by atoms with E-state index in [0.29, 0.717) is 22.8 Å². The Labute approximate surface area is 219 Å². The third-order valence-electron chi connectivity index (χ3n) is 6.64. The van der Waals surface area contributed by atoms with Gasteiger partial charge in [0, 0.05) is 5.57 Å². The monoisotopic (exact) mass is 524 g/mol. The highest BCUT2D eigenvalue weighted by atomic mass is 32.2. The zero-order chi connectivity index (χ0) is 25.3. The number of thioether (sulfide) groups is 2. The standard InChI is InChI=1S/C28H28O6S2/c1-31-22-14-19(15-23(32-2)26(22)33-3)25(29)24-21(16-34-27(24)30)28(35-11-6-12-36-28)20-10-9-17-7-4-5-8-18(17)13-20/h4-5,7-10,13-16,24-25,29H,6,11-12H2,1-3H3. The van der Waals surface area contributed by atoms with E-state index < -0.39 is 22.1 Å². The average Bonchev–Trinajstić information content (AvgIpc) is 3.33. The molecule has 0 spiro atoms. The summed E-state index contributed by atoms with van der Waals surface area (Å²) in [4.78, 5) is 13.1. The van der Waals surface area contributed by atoms with Crippen LogP contribution < -0.4 is 14.2 Å². The van der Waals surface area contributed by atoms with E-state index in [2.05, 4.69) is 30.3 Å². The van der Waals surface area contributed by atoms with E-state index in [1.54, 1.807) is 41.9 Å². The lowest BCUT2D eigenvalue weighted by Crippen LogP contribution is -2.32. The second-order valence-electron chi connectivity index (χ2n) is 8.62. The highest BCUT2D eigenvalue weighted by Gasteiger charge is 2.50. The summed E-state index contributed by atoms with van der Waals surface area (Å²) in [5.74, 6) is 1.78. The van der Waals surface area contributed by atoms with Gasteiger partial charge >= 0.3 is 5.97 Å². The maximum atomic E-state index is 13.1. The molecule has 0 aliphatic carbocycles. The van der Waals surface area contributed by atoms with Crippen LogP contribution in [0.15, 0.2) is 66.4 Å². The van der Waals surface area contributed by atoms with Crippen LogP contribution in [0.4, 0.5) is 0 Å². The lowest BCUT2D eigenvalue weighted by atomic mass is 9.86. The predicted molar refractivity (Wildman–Crippen MR) is 144 cm³/mol. The van der Waals surface area contributed by atoms with E-state index in [0.717, 1.165) is 39.8 Å². The van der Waals surface area contributed by atoms with Crippen molar-refractivity contribution in [2.24, 2.45) is 5.92 Å². The van der Waals surface area contributed by atoms with E-state index in [4.69, 9.17) is 18.9 Å². The van der Waals surface area contributed by atoms with Gasteiger partial charge in [-0.3, -0.25) is 4.79 Å². The number of hydrogen-bond acceptors (Lipinski definition) is 8. The number of rotatable bonds is 7. The zero-order valence-electron chi connectivity index (χ0n) is 20.4. The number of cyclic esters (lactones) is 1. The Balaban J connectivity index is 1.60. The molecule has 2 aliphatic heterocycles. The van der Waals surface area contributed by atoms with Crippen LogP contribution >= 0.6 is 23.5 Å². The molecule has 8 heteroatoms. The molecule has 2 aliphatic rings. The summed E-state index contributed by atoms with van der Waals surface area (Å²) in [5.41, 5.74) is 2.33. The number of hydrogen-bond donors (Lipinski definition) is 1. The first kappa shape index (κ1) is 24.9. The minimum atomic E-state index is -1.17. The van der Waals surface area contributed by atoms with Gasteiger partial charge in [0.1, 0.15) is 10.00 Å². The van der Waals surface area contributed by atoms with Crippen LogP contribution in [-0.4, -0.2) is 43.9 Å². The molecule has 3 aromatic carbocycles. The van der Waals surface area contributed by atoms with Crippen LogP contribution in [0.3, 0.4) is 0 Å². The average molecular weight is 525 g/mol. The molecule has 3 aromatic rings. The summed E-state index contributed by atoms with van der Waals surface area (Å²) in [7, 11) is 4.57. The number of esters is 1. The third-order valence-corrected chi connectivity index (χ3v) is 10.1. The van der Waals surface area contributed by atoms with Crippen LogP contribution in [0.1, 0.15) is 23.7 Å². The van der Waals surface area contributed by atoms with Crippen LogP contribution in [0.5, 0.6) is 17.2 Å². The number of aliphatic hydroxyl groups is 1. The number of fused-ring (bicyclic) bond motifs is 1. The molecule has 0 radical (unpaired) electrons. The topological polar surface area (TPSA) is 74.2 Å². The first-order valence-electron chi connectivity index (χ1n) is 11.7. The van der Waals surface area contributed by atoms with Crippen molar-refractivity contribution in [3.8, 4) is 17.2 Å². The Morgan fingerprint density at radius 3 is 2.25 bits per heavy atom. The molecular weight excluding hydrogens is 496 g/mol. The Morgan fingerprint density at radius 2 is 1.61 bits per heavy atom. The van der Waals surface area contributed by atoms with Crippen molar-refractivity contribution in [1.29, 1.82) is 0 Å². The van der Waals surface area contributed by atoms with Crippen molar-refractivity contribution in [2.45, 2.75) is 16.6 Å². The quantitative estimate of drug-likeness (QED) is 0.396. The van der Waals surface area contributed by atoms with E-state index in [1.807, 2.05) is 12.1 Å². The Morgan fingerprint density at radius 1 is 0.944 bits per heavy atom. The fourth-order valence-electron chi connectivity index (χ4n) is 4.87. The predicted octanol–water partition coefficient (Wildman–Crippen LogP) is 5.68. The Bertz CT molecular complexity index is 1290. The molecule has 0 bridgehead atoms. The maximum absolute atomic E-state index is 13.1. The van der Waals surface area contributed by atoms with E-state index in [9.17, 15) is 9.90 Å². The zero-order valence-corrected chi connectivity index (χ0v) is 22.0. The molecule has 36 heavy (non-hydrogen) atoms. The first-order valence-corrected chi connectivity index (χ1v) is 13.7. The van der Waals surface area contributed by atoms with Gasteiger partial charge in [-0.2, -0.15) is 0 Å². The summed E-state index contributed by atoms with van der Waals surface area (Å²) in [5, 5.41) is 13.9. The fraction of sp³-hybridized carbons (Fsp3) is 0.321. The summed E-state index contributed by atoms with van der Waals surface area (Å²) in [6, 6.07) is 18.0. The number of benzene rings is 3. The smallest absolute Gasteiger partial charge is 0.321 e. The van der Waals surface area contributed by atoms with Crippen LogP contribution in [0.2, 0.25) is 0 Å². The van der Waals surface area contributed by atoms with Crippen molar-refractivity contribution in [2.75, 3.05) is 32.8 Å². The van der Waals surface area contributed by atoms with E-state index in [1.165, 1.54) is 21.3 Å². The van der Waals surface area contributed by atoms with Gasteiger partial charge in [0.2, 0.25) is 5.75 Å². The van der Waals surface area contributed by atoms with Gasteiger partial charge in [0.25, 0.3) is 0 Å². The van der Waals surface area contributed by atoms with Crippen molar-refractivity contribution < 1.29 is 28.8 Å². The molecule has 2 atom stereocenters. The van der Waals surface area contributed by atoms with Crippen molar-refractivity contribution >= 4 is 40.3 Å². The minimum absolute atomic E-state index is 0.411. The molecule has 0 saturated carbocycles. The number of carbonyl (C=O) groups is 1. The minimum Gasteiger partial charge on any atom is -0.493 e. The van der Waals surface area contributed by atoms with E-state index >= 15 is 0 Å². The fourth-order valence-corrected chi connectivity index (χ4v) is 8.31. The Hall–Kier alpha value is -2.81. The van der Waals surface area contributed by atoms with Crippen molar-refractivity contribution in [3.05, 3.63) is 77.6 Å². The summed E-state index contributed by atoms with van der Waals surface area (Å²) >= 11 is 3.58. The molecule has 188 valence electrons. The van der Waals surface area contributed by atoms with Gasteiger partial charge in [-0.05, 0) is 58.0 Å². The second kappa shape index (κ2) is 10.3. The summed E-state index contributed by atoms with van der Waals surface area (Å²) in [6.45, 7) is 0. The van der Waals surface area contributed by atoms with Gasteiger partial charge in [-0.15, -0.1) is 23.5 Å². The molecular formula is C28H28O6S2. The highest BCUT2D eigenvalue weighted by Crippen LogP contribution is 2.60. The second-order valence-corrected chi connectivity index (χ2v) is 11.5. The van der Waals surface area contributed by atoms with Crippen molar-refractivity contribution in [1.82, 2.24) is 0 Å². The largest absolute Gasteiger partial charge is 0.493 e. The number of methoxy groups -OCH3 is 3. The first-order chi connectivity index (χ1) is 17.5. The summed E-state index contributed by atoms with van der Waals surface area (Å²) in [6.07, 6.45) is 1.46. The van der Waals surface area contributed by atoms with E-state index in [-0.39, 0.29) is 0 Å². The van der Waals surface area contributed by atoms with Crippen LogP contribution in [0.25, 0.3) is 10.8 Å². The molecule has 6 nitrogen and oxygen atoms in total. The molecule has 5 rings (SSSR count). The van der Waals surface area contributed by atoms with Gasteiger partial charge in [0.15, 0.2) is 11.5 Å². The normalized spacial score (nSPS) is 19.9. The molecule has 1 N–H and O–H groups in total. The lowest BCUT2D eigenvalue weighted by molar-refractivity contribution is -0.142. The number of carbonyl (C=O) groups excluding carboxylic acids is 1. The summed E-state index contributed by atoms with van der Waals surface area (Å²) < 4.78 is 21.3. The highest BCUT2D eigenvalue weighted by molar-refractivity contribution is 8.18. The number of ether oxygens (including phenoxy) is 4. The van der Waals surface area contributed by atoms with Gasteiger partial charge in [-0.25, -0.2) is 0 Å². The lowest BCUT2D eigenvalue weighted by Gasteiger charge is -2.39. The molecule has 2 unspecified atom stereocenters. The SMILES string of the molecule is COc1cc(C(O)C2C(=O)OC=C2C2(c3ccc4ccccc4c3)SCCCS2)cc(OC)c1OC. The van der Waals surface area contributed by atoms with Crippen LogP contribution in [-0.2, 0) is 13.6 Å². The van der Waals surface area contributed by atoms with Gasteiger partial charge in [0.05, 0.1) is 33.7 Å². The Kier molecular flexibility index (Phi) is 7.10. The molecule has 1 saturated heterocycles. The molecule has 0 aromatic heterocycles.